The molecule has 2 aromatic carbocycles. The van der Waals surface area contributed by atoms with E-state index in [1.807, 2.05) is 24.3 Å². The van der Waals surface area contributed by atoms with Crippen molar-refractivity contribution in [2.24, 2.45) is 11.8 Å². The molecule has 0 saturated carbocycles. The summed E-state index contributed by atoms with van der Waals surface area (Å²) < 4.78 is 1.78. The van der Waals surface area contributed by atoms with E-state index in [1.54, 1.807) is 29.4 Å². The summed E-state index contributed by atoms with van der Waals surface area (Å²) in [6, 6.07) is 9.80. The summed E-state index contributed by atoms with van der Waals surface area (Å²) in [6.07, 6.45) is 6.78. The van der Waals surface area contributed by atoms with E-state index in [0.29, 0.717) is 39.3 Å². The zero-order chi connectivity index (χ0) is 27.1. The molecule has 0 aliphatic carbocycles. The fourth-order valence-electron chi connectivity index (χ4n) is 4.47. The maximum absolute atomic E-state index is 12.9. The molecule has 1 heterocycles. The molecule has 0 radical (unpaired) electrons. The van der Waals surface area contributed by atoms with E-state index >= 15 is 0 Å². The molecule has 198 valence electrons. The van der Waals surface area contributed by atoms with Crippen molar-refractivity contribution in [1.82, 2.24) is 14.9 Å². The Hall–Kier alpha value is -2.77. The quantitative estimate of drug-likeness (QED) is 0.223. The van der Waals surface area contributed by atoms with Crippen LogP contribution in [0, 0.1) is 11.8 Å². The molecule has 0 aliphatic rings. The van der Waals surface area contributed by atoms with Gasteiger partial charge in [0.05, 0.1) is 23.5 Å². The Labute approximate surface area is 229 Å². The number of aromatic nitrogens is 2. The van der Waals surface area contributed by atoms with E-state index in [1.165, 1.54) is 5.56 Å². The Morgan fingerprint density at radius 2 is 1.89 bits per heavy atom. The van der Waals surface area contributed by atoms with Gasteiger partial charge in [0.2, 0.25) is 5.91 Å². The van der Waals surface area contributed by atoms with Gasteiger partial charge in [-0.25, -0.2) is 9.78 Å². The number of amides is 1. The summed E-state index contributed by atoms with van der Waals surface area (Å²) in [5.41, 5.74) is 3.85. The number of hydrogen-bond acceptors (Lipinski definition) is 4. The first-order valence-electron chi connectivity index (χ1n) is 12.7. The molecule has 6 nitrogen and oxygen atoms in total. The van der Waals surface area contributed by atoms with Crippen LogP contribution < -0.4 is 5.32 Å². The number of carbonyl (C=O) groups is 2. The molecule has 0 fully saturated rings. The van der Waals surface area contributed by atoms with Crippen molar-refractivity contribution in [2.45, 2.75) is 59.5 Å². The number of thiol groups is 1. The first kappa shape index (κ1) is 28.8. The summed E-state index contributed by atoms with van der Waals surface area (Å²) in [7, 11) is 0. The molecular formula is C29H36ClN3O3S. The minimum Gasteiger partial charge on any atom is -0.478 e. The number of nitrogens with one attached hydrogen (secondary N) is 1. The van der Waals surface area contributed by atoms with Gasteiger partial charge in [0, 0.05) is 36.2 Å². The van der Waals surface area contributed by atoms with Crippen LogP contribution in [0.4, 0.5) is 0 Å². The van der Waals surface area contributed by atoms with Gasteiger partial charge in [-0.3, -0.25) is 4.79 Å². The number of hydrogen-bond donors (Lipinski definition) is 3. The molecule has 3 aromatic rings. The van der Waals surface area contributed by atoms with Gasteiger partial charge in [0.1, 0.15) is 0 Å². The smallest absolute Gasteiger partial charge is 0.336 e. The monoisotopic (exact) mass is 541 g/mol. The number of carboxylic acids is 1. The lowest BCUT2D eigenvalue weighted by Crippen LogP contribution is -2.32. The van der Waals surface area contributed by atoms with Gasteiger partial charge in [-0.15, -0.1) is 0 Å². The second kappa shape index (κ2) is 13.2. The van der Waals surface area contributed by atoms with Crippen LogP contribution in [0.1, 0.15) is 73.5 Å². The molecule has 1 unspecified atom stereocenters. The molecule has 1 aromatic heterocycles. The van der Waals surface area contributed by atoms with Gasteiger partial charge in [-0.2, -0.15) is 12.6 Å². The third-order valence-corrected chi connectivity index (χ3v) is 7.67. The lowest BCUT2D eigenvalue weighted by molar-refractivity contribution is -0.124. The van der Waals surface area contributed by atoms with Gasteiger partial charge in [0.15, 0.2) is 0 Å². The molecule has 1 amide bonds. The second-order valence-corrected chi connectivity index (χ2v) is 10.7. The minimum atomic E-state index is -1.05. The summed E-state index contributed by atoms with van der Waals surface area (Å²) in [4.78, 5) is 29.5. The van der Waals surface area contributed by atoms with Crippen molar-refractivity contribution in [3.05, 3.63) is 76.3 Å². The summed E-state index contributed by atoms with van der Waals surface area (Å²) in [6.45, 7) is 8.89. The first-order valence-corrected chi connectivity index (χ1v) is 13.7. The number of benzene rings is 2. The van der Waals surface area contributed by atoms with Crippen molar-refractivity contribution in [2.75, 3.05) is 5.75 Å². The van der Waals surface area contributed by atoms with Crippen molar-refractivity contribution in [3.8, 4) is 11.1 Å². The summed E-state index contributed by atoms with van der Waals surface area (Å²) in [5.74, 6) is -0.119. The predicted octanol–water partition coefficient (Wildman–Crippen LogP) is 6.67. The first-order chi connectivity index (χ1) is 17.7. The lowest BCUT2D eigenvalue weighted by atomic mass is 9.90. The van der Waals surface area contributed by atoms with Gasteiger partial charge in [-0.05, 0) is 53.0 Å². The maximum Gasteiger partial charge on any atom is 0.336 e. The Morgan fingerprint density at radius 3 is 2.43 bits per heavy atom. The molecule has 0 saturated heterocycles. The van der Waals surface area contributed by atoms with Crippen LogP contribution in [0.5, 0.6) is 0 Å². The van der Waals surface area contributed by atoms with Crippen molar-refractivity contribution in [1.29, 1.82) is 0 Å². The molecule has 0 aliphatic heterocycles. The van der Waals surface area contributed by atoms with Crippen LogP contribution in [-0.4, -0.2) is 32.3 Å². The Kier molecular flexibility index (Phi) is 10.2. The number of halogens is 1. The Bertz CT molecular complexity index is 1210. The van der Waals surface area contributed by atoms with E-state index in [-0.39, 0.29) is 30.5 Å². The van der Waals surface area contributed by atoms with Crippen molar-refractivity contribution in [3.63, 3.8) is 0 Å². The van der Waals surface area contributed by atoms with Crippen LogP contribution >= 0.6 is 24.2 Å². The minimum absolute atomic E-state index is 0.0855. The average molecular weight is 542 g/mol. The largest absolute Gasteiger partial charge is 0.478 e. The normalized spacial score (nSPS) is 12.9. The van der Waals surface area contributed by atoms with Crippen molar-refractivity contribution < 1.29 is 14.7 Å². The van der Waals surface area contributed by atoms with Crippen molar-refractivity contribution >= 4 is 36.1 Å². The fraction of sp³-hybridized carbons (Fsp3) is 0.414. The van der Waals surface area contributed by atoms with E-state index in [2.05, 4.69) is 50.6 Å². The molecule has 2 N–H and O–H groups in total. The average Bonchev–Trinajstić information content (AvgIpc) is 3.39. The maximum atomic E-state index is 12.9. The summed E-state index contributed by atoms with van der Waals surface area (Å²) in [5, 5.41) is 13.6. The SMILES string of the molecule is CCC(C)c1ccc(-c2cc(CNC(=O)[C@@H](CS)CC(C)C)c(Cl)c(Cn3ccnc3)c2C(=O)O)cc1. The number of nitrogens with zero attached hydrogens (tertiary/aromatic N) is 2. The van der Waals surface area contributed by atoms with E-state index in [4.69, 9.17) is 11.6 Å². The highest BCUT2D eigenvalue weighted by Crippen LogP contribution is 2.36. The molecular weight excluding hydrogens is 506 g/mol. The van der Waals surface area contributed by atoms with Gasteiger partial charge >= 0.3 is 5.97 Å². The topological polar surface area (TPSA) is 84.2 Å². The Morgan fingerprint density at radius 1 is 1.19 bits per heavy atom. The third kappa shape index (κ3) is 7.17. The van der Waals surface area contributed by atoms with Gasteiger partial charge in [0.25, 0.3) is 0 Å². The predicted molar refractivity (Wildman–Crippen MR) is 153 cm³/mol. The van der Waals surface area contributed by atoms with E-state index in [9.17, 15) is 14.7 Å². The van der Waals surface area contributed by atoms with E-state index < -0.39 is 5.97 Å². The standard InChI is InChI=1S/C29H36ClN3O3S/c1-5-19(4)20-6-8-21(9-7-20)24-13-22(14-32-28(34)23(16-37)12-18(2)3)27(30)25(26(24)29(35)36)15-33-11-10-31-17-33/h6-11,13,17-19,23,37H,5,12,14-16H2,1-4H3,(H,32,34)(H,35,36)/t19?,23-/m1/s1. The number of rotatable bonds is 12. The van der Waals surface area contributed by atoms with Crippen LogP contribution in [0.3, 0.4) is 0 Å². The number of aromatic carboxylic acids is 1. The highest BCUT2D eigenvalue weighted by atomic mass is 35.5. The molecule has 37 heavy (non-hydrogen) atoms. The van der Waals surface area contributed by atoms with Gasteiger partial charge < -0.3 is 15.0 Å². The van der Waals surface area contributed by atoms with Crippen LogP contribution in [-0.2, 0) is 17.9 Å². The molecule has 8 heteroatoms. The Balaban J connectivity index is 2.08. The highest BCUT2D eigenvalue weighted by Gasteiger charge is 2.24. The van der Waals surface area contributed by atoms with Crippen LogP contribution in [0.25, 0.3) is 11.1 Å². The highest BCUT2D eigenvalue weighted by molar-refractivity contribution is 7.80. The van der Waals surface area contributed by atoms with E-state index in [0.717, 1.165) is 18.4 Å². The number of imidazole rings is 1. The fourth-order valence-corrected chi connectivity index (χ4v) is 5.07. The number of carboxylic acid groups (broad SMARTS) is 1. The van der Waals surface area contributed by atoms with Crippen LogP contribution in [0.2, 0.25) is 5.02 Å². The second-order valence-electron chi connectivity index (χ2n) is 9.95. The zero-order valence-electron chi connectivity index (χ0n) is 21.9. The molecule has 0 bridgehead atoms. The lowest BCUT2D eigenvalue weighted by Gasteiger charge is -2.20. The summed E-state index contributed by atoms with van der Waals surface area (Å²) >= 11 is 11.2. The van der Waals surface area contributed by atoms with Gasteiger partial charge in [-0.1, -0.05) is 63.6 Å². The third-order valence-electron chi connectivity index (χ3n) is 6.75. The molecule has 2 atom stereocenters. The molecule has 0 spiro atoms. The zero-order valence-corrected chi connectivity index (χ0v) is 23.5. The number of carbonyl (C=O) groups excluding carboxylic acids is 1. The molecule has 3 rings (SSSR count). The van der Waals surface area contributed by atoms with Crippen LogP contribution in [0.15, 0.2) is 49.1 Å².